The molecule has 1 saturated heterocycles. The van der Waals surface area contributed by atoms with Crippen molar-refractivity contribution in [3.63, 3.8) is 0 Å². The van der Waals surface area contributed by atoms with Crippen LogP contribution in [0, 0.1) is 0 Å². The van der Waals surface area contributed by atoms with Crippen molar-refractivity contribution in [3.05, 3.63) is 12.3 Å². The van der Waals surface area contributed by atoms with E-state index in [9.17, 15) is 0 Å². The van der Waals surface area contributed by atoms with Gasteiger partial charge in [-0.2, -0.15) is 4.98 Å². The molecule has 0 amide bonds. The molecule has 110 valence electrons. The van der Waals surface area contributed by atoms with Crippen LogP contribution in [0.3, 0.4) is 0 Å². The lowest BCUT2D eigenvalue weighted by Crippen LogP contribution is -2.46. The second-order valence-electron chi connectivity index (χ2n) is 5.79. The van der Waals surface area contributed by atoms with Crippen LogP contribution in [0.5, 0.6) is 0 Å². The van der Waals surface area contributed by atoms with Crippen molar-refractivity contribution in [1.82, 2.24) is 14.9 Å². The van der Waals surface area contributed by atoms with Gasteiger partial charge in [0.05, 0.1) is 0 Å². The van der Waals surface area contributed by atoms with Crippen LogP contribution in [-0.2, 0) is 0 Å². The summed E-state index contributed by atoms with van der Waals surface area (Å²) in [7, 11) is 0. The summed E-state index contributed by atoms with van der Waals surface area (Å²) in [6.07, 6.45) is 7.11. The molecule has 0 atom stereocenters. The third kappa shape index (κ3) is 3.20. The van der Waals surface area contributed by atoms with E-state index in [0.29, 0.717) is 6.04 Å². The highest BCUT2D eigenvalue weighted by molar-refractivity contribution is 5.42. The Morgan fingerprint density at radius 1 is 1.20 bits per heavy atom. The minimum absolute atomic E-state index is 0.606. The Hall–Kier alpha value is -1.36. The molecule has 2 fully saturated rings. The molecular weight excluding hydrogens is 250 g/mol. The molecule has 1 aromatic rings. The molecule has 1 aliphatic carbocycles. The van der Waals surface area contributed by atoms with E-state index in [4.69, 9.17) is 4.98 Å². The Balaban J connectivity index is 1.62. The monoisotopic (exact) mass is 275 g/mol. The lowest BCUT2D eigenvalue weighted by Gasteiger charge is -2.34. The molecule has 1 N–H and O–H groups in total. The molecule has 20 heavy (non-hydrogen) atoms. The van der Waals surface area contributed by atoms with Gasteiger partial charge in [0.1, 0.15) is 5.82 Å². The minimum Gasteiger partial charge on any atom is -0.367 e. The number of hydrogen-bond acceptors (Lipinski definition) is 5. The first-order valence-electron chi connectivity index (χ1n) is 7.92. The van der Waals surface area contributed by atoms with Crippen LogP contribution < -0.4 is 10.2 Å². The topological polar surface area (TPSA) is 44.3 Å². The van der Waals surface area contributed by atoms with Gasteiger partial charge in [0.2, 0.25) is 5.95 Å². The number of piperazine rings is 1. The summed E-state index contributed by atoms with van der Waals surface area (Å²) in [5.74, 6) is 1.86. The number of rotatable bonds is 4. The van der Waals surface area contributed by atoms with E-state index >= 15 is 0 Å². The van der Waals surface area contributed by atoms with E-state index < -0.39 is 0 Å². The van der Waals surface area contributed by atoms with Crippen LogP contribution in [0.25, 0.3) is 0 Å². The van der Waals surface area contributed by atoms with Gasteiger partial charge in [-0.1, -0.05) is 19.8 Å². The van der Waals surface area contributed by atoms with Gasteiger partial charge < -0.3 is 15.1 Å². The Morgan fingerprint density at radius 3 is 2.65 bits per heavy atom. The molecule has 0 unspecified atom stereocenters. The molecule has 5 heteroatoms. The Labute approximate surface area is 121 Å². The fourth-order valence-corrected chi connectivity index (χ4v) is 3.12. The smallest absolute Gasteiger partial charge is 0.227 e. The van der Waals surface area contributed by atoms with Gasteiger partial charge in [0.15, 0.2) is 0 Å². The van der Waals surface area contributed by atoms with Gasteiger partial charge in [0, 0.05) is 38.4 Å². The van der Waals surface area contributed by atoms with Gasteiger partial charge in [-0.15, -0.1) is 0 Å². The maximum absolute atomic E-state index is 4.70. The van der Waals surface area contributed by atoms with Crippen LogP contribution in [0.4, 0.5) is 11.8 Å². The summed E-state index contributed by atoms with van der Waals surface area (Å²) >= 11 is 0. The summed E-state index contributed by atoms with van der Waals surface area (Å²) in [5, 5.41) is 3.55. The standard InChI is InChI=1S/C15H25N5/c1-2-19-9-11-20(12-10-19)15-16-8-7-14(18-15)17-13-5-3-4-6-13/h7-8,13H,2-6,9-12H2,1H3,(H,16,17,18). The van der Waals surface area contributed by atoms with E-state index in [1.165, 1.54) is 25.7 Å². The van der Waals surface area contributed by atoms with Crippen molar-refractivity contribution in [2.24, 2.45) is 0 Å². The highest BCUT2D eigenvalue weighted by atomic mass is 15.3. The van der Waals surface area contributed by atoms with Crippen molar-refractivity contribution in [1.29, 1.82) is 0 Å². The average Bonchev–Trinajstić information content (AvgIpc) is 3.01. The molecule has 3 rings (SSSR count). The first-order valence-corrected chi connectivity index (χ1v) is 7.92. The predicted molar refractivity (Wildman–Crippen MR) is 82.2 cm³/mol. The van der Waals surface area contributed by atoms with Gasteiger partial charge in [-0.25, -0.2) is 4.98 Å². The first-order chi connectivity index (χ1) is 9.85. The maximum atomic E-state index is 4.70. The van der Waals surface area contributed by atoms with Gasteiger partial charge >= 0.3 is 0 Å². The van der Waals surface area contributed by atoms with Gasteiger partial charge in [-0.3, -0.25) is 0 Å². The van der Waals surface area contributed by atoms with Crippen LogP contribution in [-0.4, -0.2) is 53.6 Å². The number of aromatic nitrogens is 2. The number of nitrogens with one attached hydrogen (secondary N) is 1. The van der Waals surface area contributed by atoms with Crippen LogP contribution in [0.2, 0.25) is 0 Å². The number of nitrogens with zero attached hydrogens (tertiary/aromatic N) is 4. The zero-order valence-corrected chi connectivity index (χ0v) is 12.4. The predicted octanol–water partition coefficient (Wildman–Crippen LogP) is 1.97. The molecule has 1 aliphatic heterocycles. The van der Waals surface area contributed by atoms with E-state index in [-0.39, 0.29) is 0 Å². The summed E-state index contributed by atoms with van der Waals surface area (Å²) in [6, 6.07) is 2.60. The fourth-order valence-electron chi connectivity index (χ4n) is 3.12. The zero-order chi connectivity index (χ0) is 13.8. The first kappa shape index (κ1) is 13.6. The molecule has 2 heterocycles. The van der Waals surface area contributed by atoms with E-state index in [1.807, 2.05) is 12.3 Å². The third-order valence-corrected chi connectivity index (χ3v) is 4.45. The van der Waals surface area contributed by atoms with E-state index in [1.54, 1.807) is 0 Å². The van der Waals surface area contributed by atoms with E-state index in [2.05, 4.69) is 27.0 Å². The average molecular weight is 275 g/mol. The summed E-state index contributed by atoms with van der Waals surface area (Å²) in [5.41, 5.74) is 0. The lowest BCUT2D eigenvalue weighted by atomic mass is 10.2. The molecule has 0 spiro atoms. The Morgan fingerprint density at radius 2 is 1.95 bits per heavy atom. The van der Waals surface area contributed by atoms with Crippen LogP contribution in [0.1, 0.15) is 32.6 Å². The normalized spacial score (nSPS) is 21.4. The van der Waals surface area contributed by atoms with Crippen molar-refractivity contribution < 1.29 is 0 Å². The van der Waals surface area contributed by atoms with Crippen molar-refractivity contribution in [2.45, 2.75) is 38.6 Å². The lowest BCUT2D eigenvalue weighted by molar-refractivity contribution is 0.270. The quantitative estimate of drug-likeness (QED) is 0.910. The maximum Gasteiger partial charge on any atom is 0.227 e. The highest BCUT2D eigenvalue weighted by Crippen LogP contribution is 2.22. The number of hydrogen-bond donors (Lipinski definition) is 1. The fraction of sp³-hybridized carbons (Fsp3) is 0.733. The summed E-state index contributed by atoms with van der Waals surface area (Å²) < 4.78 is 0. The van der Waals surface area contributed by atoms with Crippen molar-refractivity contribution in [3.8, 4) is 0 Å². The van der Waals surface area contributed by atoms with Gasteiger partial charge in [0.25, 0.3) is 0 Å². The largest absolute Gasteiger partial charge is 0.367 e. The Kier molecular flexibility index (Phi) is 4.35. The minimum atomic E-state index is 0.606. The number of likely N-dealkylation sites (N-methyl/N-ethyl adjacent to an activating group) is 1. The molecule has 5 nitrogen and oxygen atoms in total. The summed E-state index contributed by atoms with van der Waals surface area (Å²) in [6.45, 7) is 7.64. The SMILES string of the molecule is CCN1CCN(c2nccc(NC3CCCC3)n2)CC1. The number of anilines is 2. The van der Waals surface area contributed by atoms with E-state index in [0.717, 1.165) is 44.5 Å². The third-order valence-electron chi connectivity index (χ3n) is 4.45. The molecule has 1 aromatic heterocycles. The van der Waals surface area contributed by atoms with Gasteiger partial charge in [-0.05, 0) is 25.5 Å². The van der Waals surface area contributed by atoms with Crippen LogP contribution in [0.15, 0.2) is 12.3 Å². The second kappa shape index (κ2) is 6.39. The van der Waals surface area contributed by atoms with Crippen LogP contribution >= 0.6 is 0 Å². The Bertz CT molecular complexity index is 422. The zero-order valence-electron chi connectivity index (χ0n) is 12.4. The molecule has 0 bridgehead atoms. The second-order valence-corrected chi connectivity index (χ2v) is 5.79. The highest BCUT2D eigenvalue weighted by Gasteiger charge is 2.19. The summed E-state index contributed by atoms with van der Waals surface area (Å²) in [4.78, 5) is 13.9. The van der Waals surface area contributed by atoms with Crippen molar-refractivity contribution in [2.75, 3.05) is 42.9 Å². The molecular formula is C15H25N5. The molecule has 1 saturated carbocycles. The molecule has 0 aromatic carbocycles. The molecule has 0 radical (unpaired) electrons. The molecule has 2 aliphatic rings. The van der Waals surface area contributed by atoms with Crippen molar-refractivity contribution >= 4 is 11.8 Å².